The number of nitrogens with two attached hydrogens (primary N) is 1. The lowest BCUT2D eigenvalue weighted by molar-refractivity contribution is 0.555. The van der Waals surface area contributed by atoms with Crippen LogP contribution in [-0.4, -0.2) is 20.2 Å². The molecule has 5 heteroatoms. The molecule has 0 amide bonds. The molecular weight excluding hydrogens is 130 g/mol. The first-order valence-electron chi connectivity index (χ1n) is 3.33. The Morgan fingerprint density at radius 1 is 1.60 bits per heavy atom. The van der Waals surface area contributed by atoms with E-state index in [-0.39, 0.29) is 0 Å². The van der Waals surface area contributed by atoms with Crippen molar-refractivity contribution in [3.63, 3.8) is 0 Å². The lowest BCUT2D eigenvalue weighted by Crippen LogP contribution is -2.09. The number of hydrogen-bond donors (Lipinski definition) is 1. The second-order valence-electron chi connectivity index (χ2n) is 2.02. The maximum Gasteiger partial charge on any atom is 0.164 e. The van der Waals surface area contributed by atoms with Gasteiger partial charge >= 0.3 is 0 Å². The highest BCUT2D eigenvalue weighted by Crippen LogP contribution is 1.91. The van der Waals surface area contributed by atoms with E-state index in [0.717, 1.165) is 18.8 Å². The predicted octanol–water partition coefficient (Wildman–Crippen LogP) is -0.458. The Hall–Kier alpha value is -0.970. The van der Waals surface area contributed by atoms with Crippen LogP contribution in [0.15, 0.2) is 0 Å². The summed E-state index contributed by atoms with van der Waals surface area (Å²) in [6.45, 7) is 3.33. The van der Waals surface area contributed by atoms with Crippen molar-refractivity contribution in [1.82, 2.24) is 20.2 Å². The maximum absolute atomic E-state index is 5.36. The van der Waals surface area contributed by atoms with Crippen LogP contribution in [0.3, 0.4) is 0 Å². The van der Waals surface area contributed by atoms with E-state index in [4.69, 9.17) is 5.73 Å². The van der Waals surface area contributed by atoms with E-state index in [1.165, 1.54) is 0 Å². The summed E-state index contributed by atoms with van der Waals surface area (Å²) in [5.74, 6) is 0.752. The van der Waals surface area contributed by atoms with Gasteiger partial charge in [0.2, 0.25) is 0 Å². The summed E-state index contributed by atoms with van der Waals surface area (Å²) in [5, 5.41) is 11.0. The summed E-state index contributed by atoms with van der Waals surface area (Å²) in [6, 6.07) is 0. The van der Waals surface area contributed by atoms with Gasteiger partial charge in [-0.25, -0.2) is 4.68 Å². The predicted molar refractivity (Wildman–Crippen MR) is 36.0 cm³/mol. The van der Waals surface area contributed by atoms with Crippen LogP contribution >= 0.6 is 0 Å². The van der Waals surface area contributed by atoms with Crippen molar-refractivity contribution in [3.8, 4) is 0 Å². The molecule has 0 aliphatic rings. The standard InChI is InChI=1S/C5H11N5/c1-2-3-10-5(4-6)7-8-9-10/h2-4,6H2,1H3. The molecule has 0 aliphatic carbocycles. The second-order valence-corrected chi connectivity index (χ2v) is 2.02. The molecule has 2 N–H and O–H groups in total. The summed E-state index contributed by atoms with van der Waals surface area (Å²) in [5.41, 5.74) is 5.36. The fourth-order valence-corrected chi connectivity index (χ4v) is 0.755. The number of aromatic nitrogens is 4. The highest BCUT2D eigenvalue weighted by atomic mass is 15.5. The Morgan fingerprint density at radius 3 is 3.00 bits per heavy atom. The number of hydrogen-bond acceptors (Lipinski definition) is 4. The van der Waals surface area contributed by atoms with Crippen LogP contribution in [0.4, 0.5) is 0 Å². The van der Waals surface area contributed by atoms with Gasteiger partial charge in [-0.05, 0) is 16.8 Å². The van der Waals surface area contributed by atoms with Gasteiger partial charge in [-0.15, -0.1) is 5.10 Å². The summed E-state index contributed by atoms with van der Waals surface area (Å²) >= 11 is 0. The molecule has 0 aliphatic heterocycles. The highest BCUT2D eigenvalue weighted by molar-refractivity contribution is 4.77. The molecule has 1 rings (SSSR count). The lowest BCUT2D eigenvalue weighted by Gasteiger charge is -1.97. The number of rotatable bonds is 3. The molecule has 56 valence electrons. The van der Waals surface area contributed by atoms with Crippen LogP contribution in [0.25, 0.3) is 0 Å². The van der Waals surface area contributed by atoms with Crippen molar-refractivity contribution in [2.24, 2.45) is 5.73 Å². The summed E-state index contributed by atoms with van der Waals surface area (Å²) < 4.78 is 1.72. The van der Waals surface area contributed by atoms with Gasteiger partial charge in [-0.1, -0.05) is 6.92 Å². The van der Waals surface area contributed by atoms with Crippen LogP contribution in [0, 0.1) is 0 Å². The number of tetrazole rings is 1. The molecule has 0 aromatic carbocycles. The largest absolute Gasteiger partial charge is 0.324 e. The molecule has 1 aromatic rings. The van der Waals surface area contributed by atoms with E-state index in [0.29, 0.717) is 6.54 Å². The third kappa shape index (κ3) is 1.30. The van der Waals surface area contributed by atoms with Crippen molar-refractivity contribution >= 4 is 0 Å². The normalized spacial score (nSPS) is 10.2. The van der Waals surface area contributed by atoms with E-state index in [1.54, 1.807) is 4.68 Å². The second kappa shape index (κ2) is 3.26. The van der Waals surface area contributed by atoms with Crippen molar-refractivity contribution in [2.45, 2.75) is 26.4 Å². The van der Waals surface area contributed by atoms with E-state index in [1.807, 2.05) is 0 Å². The van der Waals surface area contributed by atoms with Crippen LogP contribution < -0.4 is 5.73 Å². The molecule has 10 heavy (non-hydrogen) atoms. The van der Waals surface area contributed by atoms with Gasteiger partial charge in [0.25, 0.3) is 0 Å². The minimum atomic E-state index is 0.410. The van der Waals surface area contributed by atoms with E-state index >= 15 is 0 Å². The summed E-state index contributed by atoms with van der Waals surface area (Å²) in [4.78, 5) is 0. The van der Waals surface area contributed by atoms with Crippen molar-refractivity contribution in [2.75, 3.05) is 0 Å². The Bertz CT molecular complexity index is 194. The first-order chi connectivity index (χ1) is 4.88. The van der Waals surface area contributed by atoms with Crippen LogP contribution in [0.5, 0.6) is 0 Å². The minimum absolute atomic E-state index is 0.410. The monoisotopic (exact) mass is 141 g/mol. The van der Waals surface area contributed by atoms with E-state index < -0.39 is 0 Å². The van der Waals surface area contributed by atoms with E-state index in [2.05, 4.69) is 22.4 Å². The van der Waals surface area contributed by atoms with Crippen LogP contribution in [0.2, 0.25) is 0 Å². The fraction of sp³-hybridized carbons (Fsp3) is 0.800. The molecule has 1 heterocycles. The molecule has 0 radical (unpaired) electrons. The zero-order chi connectivity index (χ0) is 7.40. The molecule has 0 saturated heterocycles. The Morgan fingerprint density at radius 2 is 2.40 bits per heavy atom. The lowest BCUT2D eigenvalue weighted by atomic mass is 10.5. The average molecular weight is 141 g/mol. The van der Waals surface area contributed by atoms with Gasteiger partial charge in [0, 0.05) is 6.54 Å². The first-order valence-corrected chi connectivity index (χ1v) is 3.33. The third-order valence-corrected chi connectivity index (χ3v) is 1.22. The minimum Gasteiger partial charge on any atom is -0.324 e. The maximum atomic E-state index is 5.36. The van der Waals surface area contributed by atoms with Gasteiger partial charge in [0.15, 0.2) is 5.82 Å². The van der Waals surface area contributed by atoms with Crippen LogP contribution in [-0.2, 0) is 13.1 Å². The van der Waals surface area contributed by atoms with Gasteiger partial charge in [-0.2, -0.15) is 0 Å². The Labute approximate surface area is 59.2 Å². The molecule has 1 aromatic heterocycles. The summed E-state index contributed by atoms with van der Waals surface area (Å²) in [7, 11) is 0. The van der Waals surface area contributed by atoms with Gasteiger partial charge in [-0.3, -0.25) is 0 Å². The first kappa shape index (κ1) is 7.14. The molecule has 5 nitrogen and oxygen atoms in total. The zero-order valence-electron chi connectivity index (χ0n) is 5.99. The van der Waals surface area contributed by atoms with Crippen molar-refractivity contribution < 1.29 is 0 Å². The van der Waals surface area contributed by atoms with Gasteiger partial charge < -0.3 is 5.73 Å². The van der Waals surface area contributed by atoms with E-state index in [9.17, 15) is 0 Å². The molecule has 0 fully saturated rings. The molecule has 0 saturated carbocycles. The Kier molecular flexibility index (Phi) is 2.33. The average Bonchev–Trinajstić information content (AvgIpc) is 2.36. The molecule has 0 unspecified atom stereocenters. The number of nitrogens with zero attached hydrogens (tertiary/aromatic N) is 4. The van der Waals surface area contributed by atoms with Gasteiger partial charge in [0.05, 0.1) is 6.54 Å². The molecule has 0 spiro atoms. The zero-order valence-corrected chi connectivity index (χ0v) is 5.99. The van der Waals surface area contributed by atoms with Gasteiger partial charge in [0.1, 0.15) is 0 Å². The topological polar surface area (TPSA) is 69.6 Å². The molecule has 0 bridgehead atoms. The smallest absolute Gasteiger partial charge is 0.164 e. The summed E-state index contributed by atoms with van der Waals surface area (Å²) in [6.07, 6.45) is 1.03. The number of aryl methyl sites for hydroxylation is 1. The third-order valence-electron chi connectivity index (χ3n) is 1.22. The molecule has 0 atom stereocenters. The highest BCUT2D eigenvalue weighted by Gasteiger charge is 1.99. The SMILES string of the molecule is CCCn1nnnc1CN. The molecular formula is C5H11N5. The quantitative estimate of drug-likeness (QED) is 0.618. The van der Waals surface area contributed by atoms with Crippen molar-refractivity contribution in [1.29, 1.82) is 0 Å². The van der Waals surface area contributed by atoms with Crippen molar-refractivity contribution in [3.05, 3.63) is 5.82 Å². The fourth-order valence-electron chi connectivity index (χ4n) is 0.755. The Balaban J connectivity index is 2.70. The van der Waals surface area contributed by atoms with Crippen LogP contribution in [0.1, 0.15) is 19.2 Å².